The van der Waals surface area contributed by atoms with Crippen LogP contribution in [0.2, 0.25) is 0 Å². The van der Waals surface area contributed by atoms with Crippen LogP contribution >= 0.6 is 11.8 Å². The van der Waals surface area contributed by atoms with Crippen molar-refractivity contribution in [2.45, 2.75) is 18.2 Å². The number of anilines is 2. The van der Waals surface area contributed by atoms with E-state index in [2.05, 4.69) is 38.8 Å². The van der Waals surface area contributed by atoms with Crippen LogP contribution in [-0.4, -0.2) is 21.4 Å². The van der Waals surface area contributed by atoms with E-state index in [1.54, 1.807) is 11.8 Å². The van der Waals surface area contributed by atoms with E-state index in [0.29, 0.717) is 5.71 Å². The molecule has 1 N–H and O–H groups in total. The average Bonchev–Trinajstić information content (AvgIpc) is 2.92. The van der Waals surface area contributed by atoms with Crippen LogP contribution in [0.25, 0.3) is 11.1 Å². The summed E-state index contributed by atoms with van der Waals surface area (Å²) in [4.78, 5) is 9.61. The number of hydrogen-bond acceptors (Lipinski definition) is 6. The topological polar surface area (TPSA) is 63.8 Å². The van der Waals surface area contributed by atoms with Gasteiger partial charge in [-0.1, -0.05) is 18.1 Å². The molecule has 102 valence electrons. The van der Waals surface area contributed by atoms with E-state index in [4.69, 9.17) is 4.52 Å². The zero-order chi connectivity index (χ0) is 13.9. The second-order valence-corrected chi connectivity index (χ2v) is 5.12. The van der Waals surface area contributed by atoms with Crippen molar-refractivity contribution < 1.29 is 4.52 Å². The zero-order valence-electron chi connectivity index (χ0n) is 11.3. The summed E-state index contributed by atoms with van der Waals surface area (Å²) >= 11 is 1.70. The summed E-state index contributed by atoms with van der Waals surface area (Å²) in [5, 5.41) is 8.20. The summed E-state index contributed by atoms with van der Waals surface area (Å²) in [6, 6.07) is 8.17. The molecule has 3 rings (SSSR count). The maximum atomic E-state index is 5.22. The summed E-state index contributed by atoms with van der Waals surface area (Å²) in [5.41, 5.74) is 2.37. The molecule has 6 heteroatoms. The average molecular weight is 286 g/mol. The van der Waals surface area contributed by atoms with Gasteiger partial charge in [-0.2, -0.15) is 4.98 Å². The number of aromatic nitrogens is 3. The predicted octanol–water partition coefficient (Wildman–Crippen LogP) is 3.65. The monoisotopic (exact) mass is 286 g/mol. The lowest BCUT2D eigenvalue weighted by Gasteiger charge is -2.07. The zero-order valence-corrected chi connectivity index (χ0v) is 12.1. The third-order valence-electron chi connectivity index (χ3n) is 3.01. The van der Waals surface area contributed by atoms with Crippen LogP contribution < -0.4 is 5.32 Å². The van der Waals surface area contributed by atoms with Gasteiger partial charge in [0.1, 0.15) is 17.5 Å². The smallest absolute Gasteiger partial charge is 0.263 e. The number of nitrogens with one attached hydrogen (secondary N) is 1. The molecule has 0 aliphatic heterocycles. The first-order chi connectivity index (χ1) is 9.81. The van der Waals surface area contributed by atoms with Gasteiger partial charge in [0, 0.05) is 10.6 Å². The maximum absolute atomic E-state index is 5.22. The van der Waals surface area contributed by atoms with Crippen molar-refractivity contribution in [2.75, 3.05) is 11.6 Å². The van der Waals surface area contributed by atoms with E-state index in [1.807, 2.05) is 19.1 Å². The van der Waals surface area contributed by atoms with Gasteiger partial charge in [-0.3, -0.25) is 0 Å². The van der Waals surface area contributed by atoms with Crippen LogP contribution in [0.4, 0.5) is 11.5 Å². The van der Waals surface area contributed by atoms with Crippen LogP contribution in [0.3, 0.4) is 0 Å². The molecule has 0 amide bonds. The first-order valence-corrected chi connectivity index (χ1v) is 7.54. The second-order valence-electron chi connectivity index (χ2n) is 4.24. The lowest BCUT2D eigenvalue weighted by Crippen LogP contribution is -1.96. The van der Waals surface area contributed by atoms with Gasteiger partial charge < -0.3 is 9.84 Å². The summed E-state index contributed by atoms with van der Waals surface area (Å²) in [7, 11) is 0. The van der Waals surface area contributed by atoms with Crippen molar-refractivity contribution in [2.24, 2.45) is 0 Å². The van der Waals surface area contributed by atoms with Crippen LogP contribution in [0, 0.1) is 0 Å². The molecule has 3 aromatic rings. The molecule has 1 aromatic carbocycles. The molecule has 0 aliphatic rings. The molecule has 0 atom stereocenters. The molecular weight excluding hydrogens is 272 g/mol. The summed E-state index contributed by atoms with van der Waals surface area (Å²) in [6.07, 6.45) is 4.31. The normalized spacial score (nSPS) is 10.9. The van der Waals surface area contributed by atoms with Crippen LogP contribution in [0.15, 0.2) is 40.0 Å². The number of benzene rings is 1. The minimum absolute atomic E-state index is 0.514. The van der Waals surface area contributed by atoms with Gasteiger partial charge in [0.15, 0.2) is 0 Å². The van der Waals surface area contributed by atoms with Gasteiger partial charge in [-0.25, -0.2) is 4.98 Å². The van der Waals surface area contributed by atoms with Gasteiger partial charge in [-0.05, 0) is 30.9 Å². The fourth-order valence-electron chi connectivity index (χ4n) is 2.02. The molecule has 2 heterocycles. The maximum Gasteiger partial charge on any atom is 0.263 e. The lowest BCUT2D eigenvalue weighted by atomic mass is 10.2. The van der Waals surface area contributed by atoms with Crippen molar-refractivity contribution in [1.82, 2.24) is 15.1 Å². The Hall–Kier alpha value is -2.08. The Kier molecular flexibility index (Phi) is 3.56. The molecule has 5 nitrogen and oxygen atoms in total. The Morgan fingerprint density at radius 3 is 3.00 bits per heavy atom. The molecule has 0 unspecified atom stereocenters. The Balaban J connectivity index is 2.03. The molecule has 0 saturated heterocycles. The van der Waals surface area contributed by atoms with Crippen LogP contribution in [-0.2, 0) is 6.42 Å². The van der Waals surface area contributed by atoms with E-state index < -0.39 is 0 Å². The standard InChI is InChI=1S/C14H14N4OS/c1-3-11-12-13(15-8-16-14(12)19-18-11)17-9-5-4-6-10(7-9)20-2/h4-8H,3H2,1-2H3,(H,15,16,17). The minimum Gasteiger partial charge on any atom is -0.339 e. The molecule has 0 aliphatic carbocycles. The summed E-state index contributed by atoms with van der Waals surface area (Å²) in [6.45, 7) is 2.03. The van der Waals surface area contributed by atoms with Gasteiger partial charge in [-0.15, -0.1) is 11.8 Å². The van der Waals surface area contributed by atoms with E-state index in [9.17, 15) is 0 Å². The highest BCUT2D eigenvalue weighted by molar-refractivity contribution is 7.98. The van der Waals surface area contributed by atoms with Gasteiger partial charge >= 0.3 is 0 Å². The number of fused-ring (bicyclic) bond motifs is 1. The number of hydrogen-bond donors (Lipinski definition) is 1. The fourth-order valence-corrected chi connectivity index (χ4v) is 2.48. The third kappa shape index (κ3) is 2.34. The van der Waals surface area contributed by atoms with E-state index in [1.165, 1.54) is 11.2 Å². The SMILES string of the molecule is CCc1noc2ncnc(Nc3cccc(SC)c3)c12. The predicted molar refractivity (Wildman–Crippen MR) is 80.5 cm³/mol. The Morgan fingerprint density at radius 1 is 1.30 bits per heavy atom. The van der Waals surface area contributed by atoms with Crippen molar-refractivity contribution in [3.8, 4) is 0 Å². The van der Waals surface area contributed by atoms with Crippen LogP contribution in [0.5, 0.6) is 0 Å². The first-order valence-electron chi connectivity index (χ1n) is 6.32. The van der Waals surface area contributed by atoms with Gasteiger partial charge in [0.2, 0.25) is 0 Å². The molecular formula is C14H14N4OS. The number of thioether (sulfide) groups is 1. The van der Waals surface area contributed by atoms with E-state index in [-0.39, 0.29) is 0 Å². The van der Waals surface area contributed by atoms with Gasteiger partial charge in [0.05, 0.1) is 5.69 Å². The van der Waals surface area contributed by atoms with Crippen molar-refractivity contribution >= 4 is 34.4 Å². The Labute approximate surface area is 120 Å². The first kappa shape index (κ1) is 12.9. The fraction of sp³-hybridized carbons (Fsp3) is 0.214. The van der Waals surface area contributed by atoms with Crippen molar-refractivity contribution in [3.05, 3.63) is 36.3 Å². The lowest BCUT2D eigenvalue weighted by molar-refractivity contribution is 0.439. The van der Waals surface area contributed by atoms with Crippen molar-refractivity contribution in [1.29, 1.82) is 0 Å². The van der Waals surface area contributed by atoms with E-state index >= 15 is 0 Å². The van der Waals surface area contributed by atoms with Crippen LogP contribution in [0.1, 0.15) is 12.6 Å². The number of rotatable bonds is 4. The molecule has 0 fully saturated rings. The van der Waals surface area contributed by atoms with E-state index in [0.717, 1.165) is 29.0 Å². The quantitative estimate of drug-likeness (QED) is 0.739. The molecule has 0 saturated carbocycles. The molecule has 0 spiro atoms. The summed E-state index contributed by atoms with van der Waals surface area (Å²) < 4.78 is 5.22. The molecule has 2 aromatic heterocycles. The van der Waals surface area contributed by atoms with Gasteiger partial charge in [0.25, 0.3) is 5.71 Å². The minimum atomic E-state index is 0.514. The highest BCUT2D eigenvalue weighted by atomic mass is 32.2. The highest BCUT2D eigenvalue weighted by Gasteiger charge is 2.13. The summed E-state index contributed by atoms with van der Waals surface area (Å²) in [5.74, 6) is 0.728. The molecule has 20 heavy (non-hydrogen) atoms. The Morgan fingerprint density at radius 2 is 2.20 bits per heavy atom. The highest BCUT2D eigenvalue weighted by Crippen LogP contribution is 2.27. The molecule has 0 radical (unpaired) electrons. The largest absolute Gasteiger partial charge is 0.339 e. The number of nitrogens with zero attached hydrogens (tertiary/aromatic N) is 3. The molecule has 0 bridgehead atoms. The number of aryl methyl sites for hydroxylation is 1. The van der Waals surface area contributed by atoms with Crippen molar-refractivity contribution in [3.63, 3.8) is 0 Å². The second kappa shape index (κ2) is 5.50. The third-order valence-corrected chi connectivity index (χ3v) is 3.74. The Bertz CT molecular complexity index is 741.